The molecule has 1 unspecified atom stereocenters. The fourth-order valence-electron chi connectivity index (χ4n) is 13.6. The molecule has 22 atom stereocenters. The van der Waals surface area contributed by atoms with Gasteiger partial charge in [0.15, 0.2) is 30.3 Å². The van der Waals surface area contributed by atoms with Gasteiger partial charge < -0.3 is 77.2 Å². The number of hydrogen-bond acceptors (Lipinski definition) is 23. The summed E-state index contributed by atoms with van der Waals surface area (Å²) in [6.45, 7) is 27.7. The zero-order valence-electron chi connectivity index (χ0n) is 56.9. The number of aliphatic hydroxyl groups is 2. The third-order valence-corrected chi connectivity index (χ3v) is 19.9. The molecule has 25 nitrogen and oxygen atoms in total. The van der Waals surface area contributed by atoms with Gasteiger partial charge in [-0.15, -0.1) is 0 Å². The van der Waals surface area contributed by atoms with Gasteiger partial charge in [-0.3, -0.25) is 19.3 Å². The summed E-state index contributed by atoms with van der Waals surface area (Å²) < 4.78 is 106. The first-order chi connectivity index (χ1) is 42.7. The van der Waals surface area contributed by atoms with Gasteiger partial charge in [0.2, 0.25) is 10.0 Å². The van der Waals surface area contributed by atoms with Crippen LogP contribution in [-0.2, 0) is 86.1 Å². The molecule has 0 saturated carbocycles. The highest BCUT2D eigenvalue weighted by Crippen LogP contribution is 2.41. The van der Waals surface area contributed by atoms with Crippen molar-refractivity contribution in [3.63, 3.8) is 0 Å². The van der Waals surface area contributed by atoms with E-state index in [1.165, 1.54) is 40.4 Å². The van der Waals surface area contributed by atoms with Crippen LogP contribution in [0.1, 0.15) is 150 Å². The molecule has 4 N–H and O–H groups in total. The molecule has 5 aliphatic heterocycles. The number of methoxy groups -OCH3 is 2. The van der Waals surface area contributed by atoms with Gasteiger partial charge in [0.25, 0.3) is 0 Å². The summed E-state index contributed by atoms with van der Waals surface area (Å²) in [4.78, 5) is 68.4. The monoisotopic (exact) mass is 1330 g/mol. The number of aliphatic hydroxyl groups excluding tert-OH is 2. The van der Waals surface area contributed by atoms with Gasteiger partial charge in [-0.1, -0.05) is 79.2 Å². The predicted octanol–water partition coefficient (Wildman–Crippen LogP) is 6.95. The smallest absolute Gasteiger partial charge is 0.408 e. The Morgan fingerprint density at radius 2 is 1.48 bits per heavy atom. The molecular formula is C66H112N4O21S. The van der Waals surface area contributed by atoms with Gasteiger partial charge in [-0.05, 0) is 98.6 Å². The lowest BCUT2D eigenvalue weighted by molar-refractivity contribution is -0.305. The summed E-state index contributed by atoms with van der Waals surface area (Å²) in [7, 11) is 0.208. The Bertz CT molecular complexity index is 2630. The van der Waals surface area contributed by atoms with Crippen LogP contribution in [0.5, 0.6) is 0 Å². The van der Waals surface area contributed by atoms with E-state index in [2.05, 4.69) is 27.0 Å². The molecule has 5 aliphatic rings. The standard InChI is InChI=1S/C65H108N4O21S.CH4/c1-35(2)28-49(70)86-55-42(9)54(37(4)33-82-62-58(79-17)57(78-16)51(71)45(12)85-62)88-60(74)44(11)56(87-50-29-38(5)69(32-40(7)83-50)46-24-26-81-27-25-46)41(8)53(89-61-52(72)48(68-80-18)30-39(6)84-61)36(3)31-65(15,59(73)43(55)10)90-63(75)67-64(13,14)34-66-91(76,77)47-22-20-19-21-23-47;/h19-23,35-46,50-58,61-62,66,71-72H,24-34H2,1-18H3,(H,67,75);1H4/b68-48+;/t36-,37-,38?,39+,40-,41+,42-,43+,44+,45+,50-,51+,52+,53-,54+,55+,56-,57+,58+,61-,62+,65-;/m0./s1. The number of sulfonamides is 1. The molecular weight excluding hydrogens is 1220 g/mol. The number of esters is 2. The molecule has 0 spiro atoms. The number of hydrogen-bond donors (Lipinski definition) is 4. The van der Waals surface area contributed by atoms with Crippen LogP contribution in [-0.4, -0.2) is 217 Å². The minimum atomic E-state index is -4.04. The minimum absolute atomic E-state index is 0. The molecule has 0 aliphatic carbocycles. The van der Waals surface area contributed by atoms with Gasteiger partial charge in [0.05, 0.1) is 65.1 Å². The molecule has 5 fully saturated rings. The van der Waals surface area contributed by atoms with Crippen LogP contribution in [0, 0.1) is 41.4 Å². The number of Topliss-reactive ketones (excluding diaryl/α,β-unsaturated/α-hetero) is 1. The highest BCUT2D eigenvalue weighted by molar-refractivity contribution is 7.89. The molecule has 5 heterocycles. The van der Waals surface area contributed by atoms with Gasteiger partial charge in [0.1, 0.15) is 43.7 Å². The Hall–Kier alpha value is -4.00. The second-order valence-corrected chi connectivity index (χ2v) is 29.2. The van der Waals surface area contributed by atoms with E-state index in [4.69, 9.17) is 61.7 Å². The van der Waals surface area contributed by atoms with Crippen LogP contribution in [0.4, 0.5) is 4.79 Å². The van der Waals surface area contributed by atoms with E-state index in [1.807, 2.05) is 27.7 Å². The average molecular weight is 1330 g/mol. The number of ketones is 1. The summed E-state index contributed by atoms with van der Waals surface area (Å²) in [5, 5.41) is 29.9. The van der Waals surface area contributed by atoms with Gasteiger partial charge >= 0.3 is 18.0 Å². The van der Waals surface area contributed by atoms with Crippen molar-refractivity contribution in [2.45, 2.75) is 264 Å². The van der Waals surface area contributed by atoms with Crippen molar-refractivity contribution in [3.8, 4) is 0 Å². The highest BCUT2D eigenvalue weighted by atomic mass is 32.2. The van der Waals surface area contributed by atoms with E-state index >= 15 is 9.59 Å². The molecule has 1 aromatic carbocycles. The molecule has 0 radical (unpaired) electrons. The minimum Gasteiger partial charge on any atom is -0.461 e. The zero-order chi connectivity index (χ0) is 67.4. The van der Waals surface area contributed by atoms with Crippen molar-refractivity contribution in [3.05, 3.63) is 30.3 Å². The highest BCUT2D eigenvalue weighted by Gasteiger charge is 2.53. The first-order valence-electron chi connectivity index (χ1n) is 32.5. The summed E-state index contributed by atoms with van der Waals surface area (Å²) in [6.07, 6.45) is -13.1. The maximum absolute atomic E-state index is 16.1. The lowest BCUT2D eigenvalue weighted by Gasteiger charge is -2.45. The van der Waals surface area contributed by atoms with Crippen LogP contribution in [0.3, 0.4) is 0 Å². The fraction of sp³-hybridized carbons (Fsp3) is 0.833. The molecule has 6 rings (SSSR count). The number of carbonyl (C=O) groups is 4. The van der Waals surface area contributed by atoms with Crippen LogP contribution >= 0.6 is 0 Å². The van der Waals surface area contributed by atoms with Crippen LogP contribution < -0.4 is 10.0 Å². The summed E-state index contributed by atoms with van der Waals surface area (Å²) >= 11 is 0. The Kier molecular flexibility index (Phi) is 29.8. The number of alkyl carbamates (subject to hydrolysis) is 1. The van der Waals surface area contributed by atoms with E-state index in [1.54, 1.807) is 80.5 Å². The number of nitrogens with one attached hydrogen (secondary N) is 2. The summed E-state index contributed by atoms with van der Waals surface area (Å²) in [5.74, 6) is -8.16. The van der Waals surface area contributed by atoms with E-state index in [9.17, 15) is 28.2 Å². The van der Waals surface area contributed by atoms with Crippen molar-refractivity contribution in [1.82, 2.24) is 14.9 Å². The number of oxime groups is 1. The first kappa shape index (κ1) is 78.7. The maximum Gasteiger partial charge on any atom is 0.408 e. The molecule has 0 aromatic heterocycles. The quantitative estimate of drug-likeness (QED) is 0.0550. The number of benzene rings is 1. The zero-order valence-corrected chi connectivity index (χ0v) is 57.7. The third-order valence-electron chi connectivity index (χ3n) is 18.5. The van der Waals surface area contributed by atoms with E-state index in [0.717, 1.165) is 12.8 Å². The van der Waals surface area contributed by atoms with Crippen molar-refractivity contribution >= 4 is 39.6 Å². The first-order valence-corrected chi connectivity index (χ1v) is 34.0. The SMILES string of the molecule is C.CO/N=C1\C[C@@H](C)O[C@@H](O[C@@H]2[C@@H](C)[C@H](O[C@H]3CC(C)N(C4CCOCC4)C[C@H](C)O3)[C@@H](C)C(=O)O[C@H]([C@@H](C)CO[C@@H]3O[C@H](C)[C@@H](O)[C@@H](OC)[C@H]3OC)[C@H](C)[C@@H](OC(=O)CC(C)C)[C@@H](C)C(=O)[C@@](C)(OC(=O)NC(C)(C)CNS(=O)(=O)c3ccccc3)C[C@@H]2C)[C@@H]1O. The normalized spacial score (nSPS) is 37.0. The molecule has 528 valence electrons. The second-order valence-electron chi connectivity index (χ2n) is 27.4. The molecule has 1 amide bonds. The topological polar surface area (TPSA) is 303 Å². The van der Waals surface area contributed by atoms with Crippen LogP contribution in [0.2, 0.25) is 0 Å². The predicted molar refractivity (Wildman–Crippen MR) is 340 cm³/mol. The number of nitrogens with zero attached hydrogens (tertiary/aromatic N) is 2. The third kappa shape index (κ3) is 20.5. The van der Waals surface area contributed by atoms with Crippen molar-refractivity contribution < 1.29 is 99.5 Å². The number of cyclic esters (lactones) is 1. The average Bonchev–Trinajstić information content (AvgIpc) is 0.828. The fourth-order valence-corrected chi connectivity index (χ4v) is 14.9. The Morgan fingerprint density at radius 3 is 2.10 bits per heavy atom. The molecule has 5 saturated heterocycles. The molecule has 26 heteroatoms. The van der Waals surface area contributed by atoms with Crippen LogP contribution in [0.25, 0.3) is 0 Å². The summed E-state index contributed by atoms with van der Waals surface area (Å²) in [6, 6.07) is 7.94. The summed E-state index contributed by atoms with van der Waals surface area (Å²) in [5.41, 5.74) is -3.20. The lowest BCUT2D eigenvalue weighted by atomic mass is 9.74. The van der Waals surface area contributed by atoms with E-state index < -0.39 is 160 Å². The number of amides is 1. The Morgan fingerprint density at radius 1 is 0.826 bits per heavy atom. The van der Waals surface area contributed by atoms with Crippen molar-refractivity contribution in [1.29, 1.82) is 0 Å². The Balaban J connectivity index is 0.0000154. The number of ether oxygens (including phenoxy) is 12. The van der Waals surface area contributed by atoms with Crippen molar-refractivity contribution in [2.75, 3.05) is 54.2 Å². The van der Waals surface area contributed by atoms with Gasteiger partial charge in [-0.25, -0.2) is 17.9 Å². The van der Waals surface area contributed by atoms with E-state index in [-0.39, 0.29) is 74.6 Å². The molecule has 1 aromatic rings. The number of carbonyl (C=O) groups excluding carboxylic acids is 4. The van der Waals surface area contributed by atoms with Crippen molar-refractivity contribution in [2.24, 2.45) is 46.6 Å². The van der Waals surface area contributed by atoms with Gasteiger partial charge in [-0.2, -0.15) is 0 Å². The van der Waals surface area contributed by atoms with Crippen LogP contribution in [0.15, 0.2) is 40.4 Å². The number of rotatable bonds is 21. The molecule has 92 heavy (non-hydrogen) atoms. The lowest BCUT2D eigenvalue weighted by Crippen LogP contribution is -2.59. The van der Waals surface area contributed by atoms with Gasteiger partial charge in [0, 0.05) is 89.6 Å². The second kappa shape index (κ2) is 34.8. The molecule has 0 bridgehead atoms. The van der Waals surface area contributed by atoms with E-state index in [0.29, 0.717) is 26.2 Å². The Labute approximate surface area is 546 Å². The largest absolute Gasteiger partial charge is 0.461 e. The maximum atomic E-state index is 16.1.